The molecule has 1 atom stereocenters. The Morgan fingerprint density at radius 3 is 3.00 bits per heavy atom. The summed E-state index contributed by atoms with van der Waals surface area (Å²) in [5.41, 5.74) is 2.19. The molecule has 4 heterocycles. The van der Waals surface area contributed by atoms with Crippen molar-refractivity contribution in [2.24, 2.45) is 0 Å². The van der Waals surface area contributed by atoms with Gasteiger partial charge in [-0.2, -0.15) is 4.98 Å². The first-order valence-electron chi connectivity index (χ1n) is 7.73. The van der Waals surface area contributed by atoms with E-state index in [1.165, 1.54) is 0 Å². The summed E-state index contributed by atoms with van der Waals surface area (Å²) in [6, 6.07) is 0. The standard InChI is InChI=1S/C15H18ClN7O/c1-8-11-13(22-23(8)15(3)9(2)21-15)24-6-4-5-17-12-10(16)7-18-14(19-11)20-12/h7,21H,2,4-6H2,1,3H3,(H2,17,18,19,20). The molecule has 2 aliphatic heterocycles. The van der Waals surface area contributed by atoms with Gasteiger partial charge in [-0.25, -0.2) is 9.67 Å². The van der Waals surface area contributed by atoms with Gasteiger partial charge in [0, 0.05) is 6.54 Å². The highest BCUT2D eigenvalue weighted by Gasteiger charge is 2.47. The highest BCUT2D eigenvalue weighted by molar-refractivity contribution is 6.32. The van der Waals surface area contributed by atoms with E-state index in [1.54, 1.807) is 6.20 Å². The zero-order valence-electron chi connectivity index (χ0n) is 13.5. The van der Waals surface area contributed by atoms with Gasteiger partial charge in [-0.3, -0.25) is 0 Å². The van der Waals surface area contributed by atoms with Gasteiger partial charge < -0.3 is 20.7 Å². The lowest BCUT2D eigenvalue weighted by Gasteiger charge is -2.10. The minimum absolute atomic E-state index is 0.382. The van der Waals surface area contributed by atoms with Gasteiger partial charge in [0.2, 0.25) is 5.95 Å². The molecule has 24 heavy (non-hydrogen) atoms. The number of hydrogen-bond donors (Lipinski definition) is 3. The van der Waals surface area contributed by atoms with Crippen LogP contribution in [0, 0.1) is 6.92 Å². The zero-order valence-corrected chi connectivity index (χ0v) is 14.2. The van der Waals surface area contributed by atoms with Crippen molar-refractivity contribution in [3.05, 3.63) is 29.2 Å². The van der Waals surface area contributed by atoms with Crippen LogP contribution in [0.5, 0.6) is 5.88 Å². The van der Waals surface area contributed by atoms with Crippen molar-refractivity contribution in [3.63, 3.8) is 0 Å². The van der Waals surface area contributed by atoms with Crippen LogP contribution >= 0.6 is 11.6 Å². The van der Waals surface area contributed by atoms with Crippen LogP contribution in [0.2, 0.25) is 5.02 Å². The molecule has 2 aromatic heterocycles. The quantitative estimate of drug-likeness (QED) is 0.681. The number of nitrogens with zero attached hydrogens (tertiary/aromatic N) is 4. The first-order chi connectivity index (χ1) is 11.5. The maximum atomic E-state index is 6.13. The molecule has 4 rings (SSSR count). The predicted molar refractivity (Wildman–Crippen MR) is 91.8 cm³/mol. The van der Waals surface area contributed by atoms with E-state index in [1.807, 2.05) is 18.5 Å². The summed E-state index contributed by atoms with van der Waals surface area (Å²) in [5, 5.41) is 14.7. The number of nitrogens with one attached hydrogen (secondary N) is 3. The van der Waals surface area contributed by atoms with E-state index in [0.717, 1.165) is 23.5 Å². The molecule has 3 N–H and O–H groups in total. The largest absolute Gasteiger partial charge is 0.475 e. The molecule has 2 bridgehead atoms. The van der Waals surface area contributed by atoms with Crippen LogP contribution < -0.4 is 20.7 Å². The van der Waals surface area contributed by atoms with E-state index in [9.17, 15) is 0 Å². The van der Waals surface area contributed by atoms with Gasteiger partial charge in [0.25, 0.3) is 5.88 Å². The molecule has 1 saturated heterocycles. The summed E-state index contributed by atoms with van der Waals surface area (Å²) in [6.07, 6.45) is 2.37. The summed E-state index contributed by atoms with van der Waals surface area (Å²) >= 11 is 6.13. The molecule has 2 aliphatic rings. The SMILES string of the molecule is C=C1NC1(C)n1nc2c(c1C)Nc1ncc(Cl)c(n1)NCCCO2. The Balaban J connectivity index is 1.78. The first kappa shape index (κ1) is 15.1. The summed E-state index contributed by atoms with van der Waals surface area (Å²) in [7, 11) is 0. The first-order valence-corrected chi connectivity index (χ1v) is 8.11. The zero-order chi connectivity index (χ0) is 16.9. The van der Waals surface area contributed by atoms with Crippen LogP contribution in [-0.2, 0) is 5.66 Å². The Morgan fingerprint density at radius 1 is 1.46 bits per heavy atom. The fourth-order valence-corrected chi connectivity index (χ4v) is 2.87. The Labute approximate surface area is 144 Å². The van der Waals surface area contributed by atoms with Gasteiger partial charge in [-0.05, 0) is 20.3 Å². The highest BCUT2D eigenvalue weighted by Crippen LogP contribution is 2.40. The van der Waals surface area contributed by atoms with E-state index in [4.69, 9.17) is 16.3 Å². The summed E-state index contributed by atoms with van der Waals surface area (Å²) in [4.78, 5) is 8.66. The van der Waals surface area contributed by atoms with E-state index in [-0.39, 0.29) is 5.66 Å². The van der Waals surface area contributed by atoms with Crippen molar-refractivity contribution in [2.45, 2.75) is 25.9 Å². The van der Waals surface area contributed by atoms with Gasteiger partial charge in [-0.15, -0.1) is 5.10 Å². The summed E-state index contributed by atoms with van der Waals surface area (Å²) < 4.78 is 7.74. The van der Waals surface area contributed by atoms with Crippen molar-refractivity contribution in [1.82, 2.24) is 25.1 Å². The second kappa shape index (κ2) is 5.27. The fraction of sp³-hybridized carbons (Fsp3) is 0.400. The molecule has 0 spiro atoms. The molecule has 8 nitrogen and oxygen atoms in total. The topological polar surface area (TPSA) is 98.8 Å². The third kappa shape index (κ3) is 2.34. The van der Waals surface area contributed by atoms with Crippen LogP contribution in [0.1, 0.15) is 19.0 Å². The minimum Gasteiger partial charge on any atom is -0.475 e. The maximum Gasteiger partial charge on any atom is 0.257 e. The average molecular weight is 348 g/mol. The third-order valence-electron chi connectivity index (χ3n) is 4.26. The van der Waals surface area contributed by atoms with Crippen LogP contribution in [0.25, 0.3) is 0 Å². The van der Waals surface area contributed by atoms with Crippen LogP contribution in [0.4, 0.5) is 17.5 Å². The number of halogens is 1. The van der Waals surface area contributed by atoms with Gasteiger partial charge >= 0.3 is 0 Å². The Kier molecular flexibility index (Phi) is 3.31. The van der Waals surface area contributed by atoms with Crippen molar-refractivity contribution in [1.29, 1.82) is 0 Å². The predicted octanol–water partition coefficient (Wildman–Crippen LogP) is 2.36. The second-order valence-electron chi connectivity index (χ2n) is 6.00. The van der Waals surface area contributed by atoms with Crippen LogP contribution in [0.15, 0.2) is 18.5 Å². The summed E-state index contributed by atoms with van der Waals surface area (Å²) in [6.45, 7) is 9.19. The molecule has 9 heteroatoms. The van der Waals surface area contributed by atoms with Crippen molar-refractivity contribution in [2.75, 3.05) is 23.8 Å². The minimum atomic E-state index is -0.382. The van der Waals surface area contributed by atoms with Crippen molar-refractivity contribution >= 4 is 29.1 Å². The van der Waals surface area contributed by atoms with Crippen molar-refractivity contribution in [3.8, 4) is 5.88 Å². The van der Waals surface area contributed by atoms with E-state index in [0.29, 0.717) is 35.8 Å². The van der Waals surface area contributed by atoms with E-state index >= 15 is 0 Å². The molecule has 0 radical (unpaired) electrons. The van der Waals surface area contributed by atoms with E-state index < -0.39 is 0 Å². The van der Waals surface area contributed by atoms with Crippen LogP contribution in [-0.4, -0.2) is 32.9 Å². The highest BCUT2D eigenvalue weighted by atomic mass is 35.5. The van der Waals surface area contributed by atoms with Gasteiger partial charge in [0.1, 0.15) is 10.7 Å². The maximum absolute atomic E-state index is 6.13. The average Bonchev–Trinajstić information content (AvgIpc) is 3.05. The number of fused-ring (bicyclic) bond motifs is 3. The number of hydrogen-bond acceptors (Lipinski definition) is 7. The Bertz CT molecular complexity index is 833. The van der Waals surface area contributed by atoms with E-state index in [2.05, 4.69) is 37.6 Å². The third-order valence-corrected chi connectivity index (χ3v) is 4.54. The molecule has 2 aromatic rings. The van der Waals surface area contributed by atoms with Gasteiger partial charge in [0.15, 0.2) is 11.5 Å². The number of aromatic nitrogens is 4. The number of anilines is 3. The van der Waals surface area contributed by atoms with Gasteiger partial charge in [0.05, 0.1) is 24.2 Å². The smallest absolute Gasteiger partial charge is 0.257 e. The lowest BCUT2D eigenvalue weighted by molar-refractivity contribution is 0.295. The lowest BCUT2D eigenvalue weighted by atomic mass is 10.3. The lowest BCUT2D eigenvalue weighted by Crippen LogP contribution is -2.20. The Morgan fingerprint density at radius 2 is 2.25 bits per heavy atom. The van der Waals surface area contributed by atoms with Gasteiger partial charge in [-0.1, -0.05) is 18.2 Å². The van der Waals surface area contributed by atoms with Crippen LogP contribution in [0.3, 0.4) is 0 Å². The molecular formula is C15H18ClN7O. The molecule has 126 valence electrons. The second-order valence-corrected chi connectivity index (χ2v) is 6.40. The molecule has 0 saturated carbocycles. The molecule has 1 unspecified atom stereocenters. The molecule has 0 amide bonds. The molecule has 0 aromatic carbocycles. The summed E-state index contributed by atoms with van der Waals surface area (Å²) in [5.74, 6) is 1.56. The number of rotatable bonds is 1. The Hall–Kier alpha value is -2.48. The molecular weight excluding hydrogens is 330 g/mol. The van der Waals surface area contributed by atoms with Crippen molar-refractivity contribution < 1.29 is 4.74 Å². The molecule has 0 aliphatic carbocycles. The fourth-order valence-electron chi connectivity index (χ4n) is 2.71. The number of ether oxygens (including phenoxy) is 1. The normalized spacial score (nSPS) is 22.2. The molecule has 1 fully saturated rings. The monoisotopic (exact) mass is 347 g/mol.